The topological polar surface area (TPSA) is 55.8 Å². The highest BCUT2D eigenvalue weighted by Gasteiger charge is 2.29. The second-order valence-electron chi connectivity index (χ2n) is 5.44. The largest absolute Gasteiger partial charge is 0.392 e. The van der Waals surface area contributed by atoms with Gasteiger partial charge in [0.05, 0.1) is 6.10 Å². The van der Waals surface area contributed by atoms with E-state index in [1.54, 1.807) is 6.92 Å². The lowest BCUT2D eigenvalue weighted by Crippen LogP contribution is -2.56. The van der Waals surface area contributed by atoms with Crippen molar-refractivity contribution in [1.82, 2.24) is 15.1 Å². The number of carbonyl (C=O) groups is 1. The number of amides is 1. The molecular weight excluding hydrogens is 301 g/mol. The summed E-state index contributed by atoms with van der Waals surface area (Å²) >= 11 is 0. The van der Waals surface area contributed by atoms with Gasteiger partial charge in [-0.2, -0.15) is 0 Å². The molecule has 0 aromatic heterocycles. The summed E-state index contributed by atoms with van der Waals surface area (Å²) < 4.78 is 0. The van der Waals surface area contributed by atoms with Crippen molar-refractivity contribution in [3.63, 3.8) is 0 Å². The summed E-state index contributed by atoms with van der Waals surface area (Å²) in [5.74, 6) is 0.262. The number of hydrogen-bond donors (Lipinski definition) is 2. The maximum absolute atomic E-state index is 12.2. The first-order chi connectivity index (χ1) is 8.45. The molecule has 0 radical (unpaired) electrons. The van der Waals surface area contributed by atoms with Gasteiger partial charge in [-0.3, -0.25) is 9.69 Å². The van der Waals surface area contributed by atoms with Gasteiger partial charge in [-0.15, -0.1) is 24.8 Å². The van der Waals surface area contributed by atoms with Gasteiger partial charge in [0, 0.05) is 44.7 Å². The second-order valence-corrected chi connectivity index (χ2v) is 5.44. The van der Waals surface area contributed by atoms with Gasteiger partial charge in [0.1, 0.15) is 0 Å². The van der Waals surface area contributed by atoms with E-state index in [1.165, 1.54) is 0 Å². The van der Waals surface area contributed by atoms with Crippen LogP contribution in [0.15, 0.2) is 0 Å². The van der Waals surface area contributed by atoms with Crippen LogP contribution < -0.4 is 5.32 Å². The third kappa shape index (κ3) is 6.59. The Morgan fingerprint density at radius 2 is 1.95 bits per heavy atom. The molecule has 3 unspecified atom stereocenters. The predicted molar refractivity (Wildman–Crippen MR) is 86.9 cm³/mol. The Morgan fingerprint density at radius 1 is 1.35 bits per heavy atom. The van der Waals surface area contributed by atoms with E-state index in [1.807, 2.05) is 18.9 Å². The van der Waals surface area contributed by atoms with E-state index in [2.05, 4.69) is 17.1 Å². The first-order valence-electron chi connectivity index (χ1n) is 6.81. The lowest BCUT2D eigenvalue weighted by atomic mass is 10.1. The molecule has 1 heterocycles. The average Bonchev–Trinajstić information content (AvgIpc) is 2.30. The molecule has 122 valence electrons. The highest BCUT2D eigenvalue weighted by atomic mass is 35.5. The van der Waals surface area contributed by atoms with Crippen LogP contribution in [0.5, 0.6) is 0 Å². The SMILES string of the molecule is CNCC(C)C(=O)N1CCN(CC(C)O)C(C)C1.Cl.Cl. The minimum absolute atomic E-state index is 0. The number of aliphatic hydroxyl groups excluding tert-OH is 1. The zero-order chi connectivity index (χ0) is 13.7. The van der Waals surface area contributed by atoms with E-state index in [0.29, 0.717) is 12.6 Å². The van der Waals surface area contributed by atoms with Crippen LogP contribution in [-0.4, -0.2) is 72.7 Å². The summed E-state index contributed by atoms with van der Waals surface area (Å²) in [4.78, 5) is 16.4. The fraction of sp³-hybridized carbons (Fsp3) is 0.923. The normalized spacial score (nSPS) is 22.4. The lowest BCUT2D eigenvalue weighted by molar-refractivity contribution is -0.138. The van der Waals surface area contributed by atoms with E-state index >= 15 is 0 Å². The second kappa shape index (κ2) is 10.6. The van der Waals surface area contributed by atoms with Crippen LogP contribution in [0, 0.1) is 5.92 Å². The molecule has 1 rings (SSSR count). The van der Waals surface area contributed by atoms with Gasteiger partial charge in [-0.25, -0.2) is 0 Å². The van der Waals surface area contributed by atoms with Gasteiger partial charge in [0.2, 0.25) is 5.91 Å². The van der Waals surface area contributed by atoms with Gasteiger partial charge in [-0.05, 0) is 20.9 Å². The third-order valence-corrected chi connectivity index (χ3v) is 3.51. The molecule has 1 fully saturated rings. The highest BCUT2D eigenvalue weighted by Crippen LogP contribution is 2.12. The Bertz CT molecular complexity index is 280. The molecule has 0 aliphatic carbocycles. The fourth-order valence-corrected chi connectivity index (χ4v) is 2.51. The van der Waals surface area contributed by atoms with Crippen molar-refractivity contribution >= 4 is 30.7 Å². The van der Waals surface area contributed by atoms with Crippen LogP contribution in [0.3, 0.4) is 0 Å². The van der Waals surface area contributed by atoms with Crippen LogP contribution in [0.1, 0.15) is 20.8 Å². The van der Waals surface area contributed by atoms with Crippen LogP contribution >= 0.6 is 24.8 Å². The van der Waals surface area contributed by atoms with Crippen molar-refractivity contribution in [3.8, 4) is 0 Å². The zero-order valence-corrected chi connectivity index (χ0v) is 14.5. The standard InChI is InChI=1S/C13H27N3O2.2ClH/c1-10(7-14-4)13(18)16-6-5-15(9-12(3)17)11(2)8-16;;/h10-12,14,17H,5-9H2,1-4H3;2*1H. The van der Waals surface area contributed by atoms with Crippen molar-refractivity contribution in [2.75, 3.05) is 39.8 Å². The Labute approximate surface area is 134 Å². The predicted octanol–water partition coefficient (Wildman–Crippen LogP) is 0.599. The number of nitrogens with zero attached hydrogens (tertiary/aromatic N) is 2. The molecule has 0 aromatic rings. The summed E-state index contributed by atoms with van der Waals surface area (Å²) in [7, 11) is 1.87. The zero-order valence-electron chi connectivity index (χ0n) is 12.8. The number of hydrogen-bond acceptors (Lipinski definition) is 4. The van der Waals surface area contributed by atoms with E-state index in [-0.39, 0.29) is 42.7 Å². The van der Waals surface area contributed by atoms with E-state index < -0.39 is 0 Å². The van der Waals surface area contributed by atoms with E-state index in [0.717, 1.165) is 26.2 Å². The molecule has 0 spiro atoms. The Kier molecular flexibility index (Phi) is 11.8. The quantitative estimate of drug-likeness (QED) is 0.775. The van der Waals surface area contributed by atoms with Crippen molar-refractivity contribution in [3.05, 3.63) is 0 Å². The Morgan fingerprint density at radius 3 is 2.40 bits per heavy atom. The van der Waals surface area contributed by atoms with Crippen LogP contribution in [0.2, 0.25) is 0 Å². The number of carbonyl (C=O) groups excluding carboxylic acids is 1. The molecule has 7 heteroatoms. The monoisotopic (exact) mass is 329 g/mol. The molecule has 1 amide bonds. The number of β-amino-alcohol motifs (C(OH)–C–C–N with tert-alkyl or cyclic N) is 1. The van der Waals surface area contributed by atoms with Crippen molar-refractivity contribution in [2.45, 2.75) is 32.9 Å². The van der Waals surface area contributed by atoms with Gasteiger partial charge in [0.15, 0.2) is 0 Å². The first-order valence-corrected chi connectivity index (χ1v) is 6.81. The number of piperazine rings is 1. The van der Waals surface area contributed by atoms with E-state index in [9.17, 15) is 9.90 Å². The van der Waals surface area contributed by atoms with Gasteiger partial charge < -0.3 is 15.3 Å². The molecule has 2 N–H and O–H groups in total. The fourth-order valence-electron chi connectivity index (χ4n) is 2.51. The summed E-state index contributed by atoms with van der Waals surface area (Å²) in [6, 6.07) is 0.319. The third-order valence-electron chi connectivity index (χ3n) is 3.51. The molecule has 0 bridgehead atoms. The van der Waals surface area contributed by atoms with Crippen molar-refractivity contribution in [1.29, 1.82) is 0 Å². The number of aliphatic hydroxyl groups is 1. The molecule has 0 saturated carbocycles. The van der Waals surface area contributed by atoms with E-state index in [4.69, 9.17) is 0 Å². The number of nitrogens with one attached hydrogen (secondary N) is 1. The molecule has 3 atom stereocenters. The van der Waals surface area contributed by atoms with Gasteiger partial charge >= 0.3 is 0 Å². The smallest absolute Gasteiger partial charge is 0.226 e. The maximum atomic E-state index is 12.2. The minimum Gasteiger partial charge on any atom is -0.392 e. The molecule has 1 aliphatic heterocycles. The Hall–Kier alpha value is -0.0700. The van der Waals surface area contributed by atoms with Crippen LogP contribution in [0.4, 0.5) is 0 Å². The molecule has 1 aliphatic rings. The minimum atomic E-state index is -0.307. The number of halogens is 2. The van der Waals surface area contributed by atoms with Crippen molar-refractivity contribution < 1.29 is 9.90 Å². The maximum Gasteiger partial charge on any atom is 0.226 e. The molecule has 1 saturated heterocycles. The summed E-state index contributed by atoms with van der Waals surface area (Å²) in [5, 5.41) is 12.5. The number of rotatable bonds is 5. The Balaban J connectivity index is 0. The first kappa shape index (κ1) is 22.2. The van der Waals surface area contributed by atoms with Crippen molar-refractivity contribution in [2.24, 2.45) is 5.92 Å². The molecular formula is C13H29Cl2N3O2. The lowest BCUT2D eigenvalue weighted by Gasteiger charge is -2.41. The molecule has 20 heavy (non-hydrogen) atoms. The van der Waals surface area contributed by atoms with Gasteiger partial charge in [0.25, 0.3) is 0 Å². The van der Waals surface area contributed by atoms with Crippen LogP contribution in [-0.2, 0) is 4.79 Å². The highest BCUT2D eigenvalue weighted by molar-refractivity contribution is 5.85. The molecule has 0 aromatic carbocycles. The van der Waals surface area contributed by atoms with Crippen LogP contribution in [0.25, 0.3) is 0 Å². The molecule has 5 nitrogen and oxygen atoms in total. The summed E-state index contributed by atoms with van der Waals surface area (Å²) in [6.07, 6.45) is -0.307. The summed E-state index contributed by atoms with van der Waals surface area (Å²) in [5.41, 5.74) is 0. The van der Waals surface area contributed by atoms with Gasteiger partial charge in [-0.1, -0.05) is 6.92 Å². The average molecular weight is 330 g/mol. The summed E-state index contributed by atoms with van der Waals surface area (Å²) in [6.45, 7) is 9.68.